The molecule has 162 valence electrons. The monoisotopic (exact) mass is 552 g/mol. The first-order chi connectivity index (χ1) is 14.6. The van der Waals surface area contributed by atoms with Crippen molar-refractivity contribution in [1.82, 2.24) is 0 Å². The Hall–Kier alpha value is 1.52. The average molecular weight is 552 g/mol. The summed E-state index contributed by atoms with van der Waals surface area (Å²) in [5.74, 6) is -0.271. The van der Waals surface area contributed by atoms with Gasteiger partial charge in [0.15, 0.2) is 0 Å². The van der Waals surface area contributed by atoms with E-state index in [1.54, 1.807) is 24.3 Å². The second-order valence-corrected chi connectivity index (χ2v) is 8.91. The molecular weight excluding hydrogens is 538 g/mol. The van der Waals surface area contributed by atoms with E-state index in [1.807, 2.05) is 24.3 Å². The van der Waals surface area contributed by atoms with Crippen LogP contribution in [0.4, 0.5) is 0 Å². The molecule has 0 N–H and O–H groups in total. The summed E-state index contributed by atoms with van der Waals surface area (Å²) in [5, 5.41) is 0. The molecule has 0 amide bonds. The minimum atomic E-state index is -5.20. The van der Waals surface area contributed by atoms with Crippen molar-refractivity contribution in [3.63, 3.8) is 0 Å². The predicted octanol–water partition coefficient (Wildman–Crippen LogP) is -11.1. The van der Waals surface area contributed by atoms with Crippen molar-refractivity contribution in [2.45, 2.75) is 12.2 Å². The van der Waals surface area contributed by atoms with E-state index in [0.717, 1.165) is 11.1 Å². The Bertz CT molecular complexity index is 1130. The van der Waals surface area contributed by atoms with Gasteiger partial charge in [-0.2, -0.15) is 0 Å². The molecule has 1 aliphatic rings. The molecule has 0 saturated heterocycles. The molecule has 0 atom stereocenters. The number of ether oxygens (including phenoxy) is 1. The minimum absolute atomic E-state index is 0. The van der Waals surface area contributed by atoms with E-state index >= 15 is 0 Å². The first-order valence-corrected chi connectivity index (χ1v) is 11.9. The van der Waals surface area contributed by atoms with Gasteiger partial charge in [-0.1, -0.05) is 48.5 Å². The van der Waals surface area contributed by atoms with Crippen LogP contribution in [0, 0.1) is 0 Å². The number of phosphoric ester groups is 2. The van der Waals surface area contributed by atoms with Gasteiger partial charge in [-0.15, -0.1) is 0 Å². The van der Waals surface area contributed by atoms with Gasteiger partial charge in [-0.3, -0.25) is 0 Å². The van der Waals surface area contributed by atoms with Crippen LogP contribution in [0.3, 0.4) is 0 Å². The van der Waals surface area contributed by atoms with Crippen molar-refractivity contribution in [3.8, 4) is 11.5 Å². The van der Waals surface area contributed by atoms with Gasteiger partial charge < -0.3 is 42.5 Å². The molecule has 0 fully saturated rings. The third-order valence-corrected chi connectivity index (χ3v) is 5.67. The number of phosphoric acid groups is 2. The summed E-state index contributed by atoms with van der Waals surface area (Å²) in [6.45, 7) is 0.291. The van der Waals surface area contributed by atoms with Gasteiger partial charge in [-0.25, -0.2) is 0 Å². The van der Waals surface area contributed by atoms with Crippen LogP contribution in [-0.2, 0) is 26.1 Å². The fraction of sp³-hybridized carbons (Fsp3) is 0.100. The van der Waals surface area contributed by atoms with Gasteiger partial charge in [0, 0.05) is 0 Å². The van der Waals surface area contributed by atoms with E-state index < -0.39 is 21.2 Å². The van der Waals surface area contributed by atoms with Gasteiger partial charge >= 0.3 is 118 Å². The summed E-state index contributed by atoms with van der Waals surface area (Å²) in [5.41, 5.74) is 1.88. The fourth-order valence-corrected chi connectivity index (χ4v) is 4.42. The van der Waals surface area contributed by atoms with Crippen LogP contribution in [-0.4, -0.2) is 0 Å². The van der Waals surface area contributed by atoms with E-state index in [-0.39, 0.29) is 130 Å². The molecule has 0 spiro atoms. The molecule has 0 saturated carbocycles. The summed E-state index contributed by atoms with van der Waals surface area (Å²) < 4.78 is 36.7. The maximum Gasteiger partial charge on any atom is 1.00 e. The zero-order chi connectivity index (χ0) is 22.3. The van der Waals surface area contributed by atoms with Crippen LogP contribution >= 0.6 is 15.6 Å². The molecule has 0 aromatic heterocycles. The van der Waals surface area contributed by atoms with Crippen LogP contribution in [0.25, 0.3) is 0 Å². The smallest absolute Gasteiger partial charge is 0.780 e. The summed E-state index contributed by atoms with van der Waals surface area (Å²) in [4.78, 5) is 43.5. The molecule has 0 bridgehead atoms. The normalized spacial score (nSPS) is 13.6. The number of hydrogen-bond donors (Lipinski definition) is 0. The maximum absolute atomic E-state index is 10.9. The van der Waals surface area contributed by atoms with Crippen LogP contribution in [0.1, 0.15) is 22.3 Å². The second-order valence-electron chi connectivity index (χ2n) is 6.75. The first-order valence-electron chi connectivity index (χ1n) is 8.94. The molecular formula is C20H14Na4O9P2. The number of benzene rings is 3. The Morgan fingerprint density at radius 3 is 1.46 bits per heavy atom. The molecule has 0 aliphatic carbocycles. The molecule has 0 unspecified atom stereocenters. The molecule has 4 rings (SSSR count). The summed E-state index contributed by atoms with van der Waals surface area (Å²) in [6.07, 6.45) is 0. The molecule has 9 nitrogen and oxygen atoms in total. The average Bonchev–Trinajstić information content (AvgIpc) is 3.07. The van der Waals surface area contributed by atoms with Crippen molar-refractivity contribution in [1.29, 1.82) is 0 Å². The van der Waals surface area contributed by atoms with Crippen LogP contribution in [0.15, 0.2) is 72.8 Å². The number of hydrogen-bond acceptors (Lipinski definition) is 9. The van der Waals surface area contributed by atoms with Crippen molar-refractivity contribution < 1.29 is 161 Å². The van der Waals surface area contributed by atoms with E-state index in [0.29, 0.717) is 17.7 Å². The van der Waals surface area contributed by atoms with E-state index in [1.165, 1.54) is 24.3 Å². The molecule has 1 heterocycles. The van der Waals surface area contributed by atoms with Gasteiger partial charge in [0.1, 0.15) is 32.7 Å². The maximum atomic E-state index is 10.9. The van der Waals surface area contributed by atoms with E-state index in [2.05, 4.69) is 9.05 Å². The minimum Gasteiger partial charge on any atom is -0.780 e. The zero-order valence-electron chi connectivity index (χ0n) is 19.7. The molecule has 35 heavy (non-hydrogen) atoms. The van der Waals surface area contributed by atoms with Gasteiger partial charge in [0.05, 0.1) is 6.61 Å². The Balaban J connectivity index is 0.00000289. The van der Waals surface area contributed by atoms with Gasteiger partial charge in [-0.05, 0) is 46.5 Å². The second kappa shape index (κ2) is 14.8. The summed E-state index contributed by atoms with van der Waals surface area (Å²) >= 11 is 0. The quantitative estimate of drug-likeness (QED) is 0.214. The Kier molecular flexibility index (Phi) is 15.4. The Morgan fingerprint density at radius 2 is 1.06 bits per heavy atom. The predicted molar refractivity (Wildman–Crippen MR) is 100 cm³/mol. The van der Waals surface area contributed by atoms with Gasteiger partial charge in [0.25, 0.3) is 0 Å². The van der Waals surface area contributed by atoms with Crippen molar-refractivity contribution >= 4 is 15.6 Å². The zero-order valence-corrected chi connectivity index (χ0v) is 29.5. The standard InChI is InChI=1S/C20H18O9P2.4Na/c21-30(22,23)28-17-9-5-15(6-10-17)20(19-4-2-1-3-14(19)13-27-20)16-7-11-18(12-8-16)29-31(24,25)26;;;;/h1-12H,13H2,(H2,21,22,23)(H2,24,25,26);;;;/q;4*+1/p-4. The van der Waals surface area contributed by atoms with Gasteiger partial charge in [0.2, 0.25) is 0 Å². The van der Waals surface area contributed by atoms with E-state index in [4.69, 9.17) is 4.74 Å². The van der Waals surface area contributed by atoms with Crippen molar-refractivity contribution in [3.05, 3.63) is 95.1 Å². The first kappa shape index (κ1) is 36.5. The van der Waals surface area contributed by atoms with Crippen LogP contribution < -0.4 is 147 Å². The SMILES string of the molecule is O=P([O-])([O-])Oc1ccc(C2(c3ccc(OP(=O)([O-])[O-])cc3)OCc3ccccc32)cc1.[Na+].[Na+].[Na+].[Na+]. The fourth-order valence-electron chi connectivity index (χ4n) is 3.66. The van der Waals surface area contributed by atoms with Crippen molar-refractivity contribution in [2.24, 2.45) is 0 Å². The molecule has 1 aliphatic heterocycles. The molecule has 15 heteroatoms. The van der Waals surface area contributed by atoms with Crippen LogP contribution in [0.2, 0.25) is 0 Å². The Labute approximate surface area is 291 Å². The molecule has 3 aromatic carbocycles. The summed E-state index contributed by atoms with van der Waals surface area (Å²) in [6, 6.07) is 19.1. The molecule has 0 radical (unpaired) electrons. The largest absolute Gasteiger partial charge is 1.00 e. The third kappa shape index (κ3) is 9.02. The number of rotatable bonds is 6. The number of fused-ring (bicyclic) bond motifs is 1. The topological polar surface area (TPSA) is 154 Å². The Morgan fingerprint density at radius 1 is 0.657 bits per heavy atom. The summed E-state index contributed by atoms with van der Waals surface area (Å²) in [7, 11) is -10.4. The third-order valence-electron chi connectivity index (χ3n) is 4.80. The van der Waals surface area contributed by atoms with Crippen molar-refractivity contribution in [2.75, 3.05) is 0 Å². The van der Waals surface area contributed by atoms with Crippen LogP contribution in [0.5, 0.6) is 11.5 Å². The molecule has 3 aromatic rings. The van der Waals surface area contributed by atoms with E-state index in [9.17, 15) is 28.7 Å².